The second-order valence-corrected chi connectivity index (χ2v) is 6.60. The molecular formula is C20H19N3O7. The van der Waals surface area contributed by atoms with E-state index < -0.39 is 35.1 Å². The quantitative estimate of drug-likeness (QED) is 0.453. The highest BCUT2D eigenvalue weighted by Gasteiger charge is 2.30. The number of benzene rings is 2. The summed E-state index contributed by atoms with van der Waals surface area (Å²) in [6.07, 6.45) is 0.0824. The second-order valence-electron chi connectivity index (χ2n) is 6.60. The molecule has 2 aromatic carbocycles. The number of hydrogen-bond donors (Lipinski definition) is 1. The van der Waals surface area contributed by atoms with E-state index in [0.717, 1.165) is 6.07 Å². The van der Waals surface area contributed by atoms with Gasteiger partial charge in [-0.15, -0.1) is 0 Å². The maximum absolute atomic E-state index is 12.8. The summed E-state index contributed by atoms with van der Waals surface area (Å²) in [4.78, 5) is 49.0. The Kier molecular flexibility index (Phi) is 5.95. The topological polar surface area (TPSA) is 128 Å². The normalized spacial score (nSPS) is 15.5. The number of para-hydroxylation sites is 2. The smallest absolute Gasteiger partial charge is 0.338 e. The lowest BCUT2D eigenvalue weighted by Gasteiger charge is -2.27. The summed E-state index contributed by atoms with van der Waals surface area (Å²) in [5, 5.41) is 13.9. The number of nitro groups is 1. The summed E-state index contributed by atoms with van der Waals surface area (Å²) < 4.78 is 9.98. The Morgan fingerprint density at radius 2 is 2.00 bits per heavy atom. The fraction of sp³-hybridized carbons (Fsp3) is 0.250. The summed E-state index contributed by atoms with van der Waals surface area (Å²) >= 11 is 0. The molecule has 0 saturated carbocycles. The van der Waals surface area contributed by atoms with E-state index in [9.17, 15) is 24.5 Å². The third kappa shape index (κ3) is 4.22. The SMILES string of the molecule is COc1ccc(C(=O)OCC(=O)N2c3ccccc3NC(=O)C[C@H]2C)cc1[N+](=O)[O-]. The first-order chi connectivity index (χ1) is 14.3. The lowest BCUT2D eigenvalue weighted by molar-refractivity contribution is -0.385. The number of hydrogen-bond acceptors (Lipinski definition) is 7. The van der Waals surface area contributed by atoms with E-state index in [2.05, 4.69) is 5.32 Å². The van der Waals surface area contributed by atoms with Gasteiger partial charge in [0.2, 0.25) is 5.91 Å². The standard InChI is InChI=1S/C20H19N3O7/c1-12-9-18(24)21-14-5-3-4-6-15(14)22(12)19(25)11-30-20(26)13-7-8-17(29-2)16(10-13)23(27)28/h3-8,10,12H,9,11H2,1-2H3,(H,21,24)/t12-/m1/s1. The molecule has 30 heavy (non-hydrogen) atoms. The molecular weight excluding hydrogens is 394 g/mol. The molecule has 1 aliphatic rings. The number of esters is 1. The van der Waals surface area contributed by atoms with Gasteiger partial charge in [0.05, 0.1) is 29.0 Å². The van der Waals surface area contributed by atoms with Crippen LogP contribution in [0.1, 0.15) is 23.7 Å². The maximum atomic E-state index is 12.8. The predicted molar refractivity (Wildman–Crippen MR) is 107 cm³/mol. The zero-order valence-electron chi connectivity index (χ0n) is 16.3. The molecule has 156 valence electrons. The summed E-state index contributed by atoms with van der Waals surface area (Å²) in [7, 11) is 1.28. The number of amides is 2. The molecule has 10 nitrogen and oxygen atoms in total. The van der Waals surface area contributed by atoms with Crippen LogP contribution in [0.5, 0.6) is 5.75 Å². The van der Waals surface area contributed by atoms with Gasteiger partial charge >= 0.3 is 11.7 Å². The van der Waals surface area contributed by atoms with Crippen molar-refractivity contribution in [2.45, 2.75) is 19.4 Å². The van der Waals surface area contributed by atoms with Gasteiger partial charge in [-0.2, -0.15) is 0 Å². The van der Waals surface area contributed by atoms with Crippen LogP contribution < -0.4 is 15.0 Å². The minimum absolute atomic E-state index is 0.000193. The van der Waals surface area contributed by atoms with Crippen LogP contribution in [0.3, 0.4) is 0 Å². The van der Waals surface area contributed by atoms with Crippen molar-refractivity contribution >= 4 is 34.8 Å². The van der Waals surface area contributed by atoms with Crippen LogP contribution in [0, 0.1) is 10.1 Å². The molecule has 1 N–H and O–H groups in total. The second kappa shape index (κ2) is 8.60. The van der Waals surface area contributed by atoms with Crippen LogP contribution >= 0.6 is 0 Å². The molecule has 0 aromatic heterocycles. The van der Waals surface area contributed by atoms with Gasteiger partial charge < -0.3 is 19.7 Å². The maximum Gasteiger partial charge on any atom is 0.338 e. The largest absolute Gasteiger partial charge is 0.490 e. The number of nitrogens with one attached hydrogen (secondary N) is 1. The van der Waals surface area contributed by atoms with Crippen molar-refractivity contribution in [2.75, 3.05) is 23.9 Å². The van der Waals surface area contributed by atoms with Gasteiger partial charge in [0.15, 0.2) is 12.4 Å². The number of methoxy groups -OCH3 is 1. The summed E-state index contributed by atoms with van der Waals surface area (Å²) in [5.74, 6) is -1.64. The number of carbonyl (C=O) groups excluding carboxylic acids is 3. The molecule has 0 radical (unpaired) electrons. The van der Waals surface area contributed by atoms with Crippen molar-refractivity contribution in [1.82, 2.24) is 0 Å². The lowest BCUT2D eigenvalue weighted by Crippen LogP contribution is -2.41. The Balaban J connectivity index is 1.77. The fourth-order valence-corrected chi connectivity index (χ4v) is 3.21. The Morgan fingerprint density at radius 3 is 2.70 bits per heavy atom. The molecule has 2 aromatic rings. The minimum atomic E-state index is -0.890. The van der Waals surface area contributed by atoms with E-state index in [-0.39, 0.29) is 23.6 Å². The van der Waals surface area contributed by atoms with Crippen molar-refractivity contribution < 1.29 is 28.8 Å². The Labute approximate surface area is 171 Å². The first-order valence-corrected chi connectivity index (χ1v) is 9.02. The number of anilines is 2. The molecule has 0 fully saturated rings. The number of nitro benzene ring substituents is 1. The van der Waals surface area contributed by atoms with Crippen molar-refractivity contribution in [3.8, 4) is 5.75 Å². The third-order valence-electron chi connectivity index (χ3n) is 4.57. The van der Waals surface area contributed by atoms with E-state index in [1.54, 1.807) is 31.2 Å². The zero-order chi connectivity index (χ0) is 21.8. The molecule has 0 spiro atoms. The number of ether oxygens (including phenoxy) is 2. The van der Waals surface area contributed by atoms with E-state index in [0.29, 0.717) is 11.4 Å². The Bertz CT molecular complexity index is 1020. The van der Waals surface area contributed by atoms with Crippen LogP contribution in [-0.4, -0.2) is 42.5 Å². The monoisotopic (exact) mass is 413 g/mol. The first kappa shape index (κ1) is 20.8. The molecule has 1 heterocycles. The average molecular weight is 413 g/mol. The Hall–Kier alpha value is -3.95. The van der Waals surface area contributed by atoms with Gasteiger partial charge in [0, 0.05) is 18.5 Å². The number of carbonyl (C=O) groups is 3. The highest BCUT2D eigenvalue weighted by molar-refractivity contribution is 6.05. The molecule has 10 heteroatoms. The van der Waals surface area contributed by atoms with Crippen molar-refractivity contribution in [3.05, 3.63) is 58.1 Å². The third-order valence-corrected chi connectivity index (χ3v) is 4.57. The molecule has 0 saturated heterocycles. The number of fused-ring (bicyclic) bond motifs is 1. The van der Waals surface area contributed by atoms with Crippen LogP contribution in [0.25, 0.3) is 0 Å². The molecule has 3 rings (SSSR count). The average Bonchev–Trinajstić information content (AvgIpc) is 2.85. The van der Waals surface area contributed by atoms with E-state index in [1.807, 2.05) is 0 Å². The van der Waals surface area contributed by atoms with Crippen LogP contribution in [0.4, 0.5) is 17.1 Å². The molecule has 0 unspecified atom stereocenters. The summed E-state index contributed by atoms with van der Waals surface area (Å²) in [6.45, 7) is 1.12. The van der Waals surface area contributed by atoms with E-state index in [1.165, 1.54) is 24.1 Å². The van der Waals surface area contributed by atoms with Crippen molar-refractivity contribution in [2.24, 2.45) is 0 Å². The van der Waals surface area contributed by atoms with E-state index >= 15 is 0 Å². The van der Waals surface area contributed by atoms with Gasteiger partial charge in [-0.25, -0.2) is 4.79 Å². The van der Waals surface area contributed by atoms with Crippen LogP contribution in [0.15, 0.2) is 42.5 Å². The van der Waals surface area contributed by atoms with E-state index in [4.69, 9.17) is 9.47 Å². The van der Waals surface area contributed by atoms with Gasteiger partial charge in [0.25, 0.3) is 5.91 Å². The molecule has 0 aliphatic carbocycles. The number of nitrogens with zero attached hydrogens (tertiary/aromatic N) is 2. The molecule has 1 aliphatic heterocycles. The number of rotatable bonds is 5. The van der Waals surface area contributed by atoms with Gasteiger partial charge in [-0.05, 0) is 31.2 Å². The van der Waals surface area contributed by atoms with Crippen molar-refractivity contribution in [3.63, 3.8) is 0 Å². The van der Waals surface area contributed by atoms with Gasteiger partial charge in [0.1, 0.15) is 0 Å². The summed E-state index contributed by atoms with van der Waals surface area (Å²) in [5.41, 5.74) is 0.503. The zero-order valence-corrected chi connectivity index (χ0v) is 16.3. The lowest BCUT2D eigenvalue weighted by atomic mass is 10.1. The van der Waals surface area contributed by atoms with Gasteiger partial charge in [-0.1, -0.05) is 12.1 Å². The van der Waals surface area contributed by atoms with Crippen LogP contribution in [0.2, 0.25) is 0 Å². The highest BCUT2D eigenvalue weighted by Crippen LogP contribution is 2.31. The predicted octanol–water partition coefficient (Wildman–Crippen LogP) is 2.52. The fourth-order valence-electron chi connectivity index (χ4n) is 3.21. The van der Waals surface area contributed by atoms with Gasteiger partial charge in [-0.3, -0.25) is 19.7 Å². The minimum Gasteiger partial charge on any atom is -0.490 e. The van der Waals surface area contributed by atoms with Crippen LogP contribution in [-0.2, 0) is 14.3 Å². The molecule has 2 amide bonds. The highest BCUT2D eigenvalue weighted by atomic mass is 16.6. The molecule has 1 atom stereocenters. The Morgan fingerprint density at radius 1 is 1.27 bits per heavy atom. The first-order valence-electron chi connectivity index (χ1n) is 9.02. The molecule has 0 bridgehead atoms. The summed E-state index contributed by atoms with van der Waals surface area (Å²) in [6, 6.07) is 9.98. The van der Waals surface area contributed by atoms with Crippen molar-refractivity contribution in [1.29, 1.82) is 0 Å².